The Morgan fingerprint density at radius 1 is 1.12 bits per heavy atom. The second kappa shape index (κ2) is 6.19. The summed E-state index contributed by atoms with van der Waals surface area (Å²) >= 11 is 0. The van der Waals surface area contributed by atoms with Gasteiger partial charge >= 0.3 is 0 Å². The molecule has 0 aromatic heterocycles. The average molecular weight is 240 g/mol. The first-order chi connectivity index (χ1) is 7.80. The zero-order valence-corrected chi connectivity index (χ0v) is 12.5. The molecule has 1 unspecified atom stereocenters. The SMILES string of the molecule is CC(C)CCN(CCC(N)C(C)(C)C)C1CC1. The summed E-state index contributed by atoms with van der Waals surface area (Å²) in [7, 11) is 0. The Kier molecular flexibility index (Phi) is 5.46. The van der Waals surface area contributed by atoms with Crippen molar-refractivity contribution < 1.29 is 0 Å². The van der Waals surface area contributed by atoms with Crippen molar-refractivity contribution in [1.82, 2.24) is 4.90 Å². The summed E-state index contributed by atoms with van der Waals surface area (Å²) in [4.78, 5) is 2.67. The van der Waals surface area contributed by atoms with Crippen molar-refractivity contribution in [2.24, 2.45) is 17.1 Å². The molecule has 2 heteroatoms. The van der Waals surface area contributed by atoms with Gasteiger partial charge in [-0.25, -0.2) is 0 Å². The summed E-state index contributed by atoms with van der Waals surface area (Å²) in [6.45, 7) is 13.8. The quantitative estimate of drug-likeness (QED) is 0.740. The highest BCUT2D eigenvalue weighted by Crippen LogP contribution is 2.28. The van der Waals surface area contributed by atoms with Gasteiger partial charge in [-0.3, -0.25) is 0 Å². The van der Waals surface area contributed by atoms with Gasteiger partial charge in [-0.1, -0.05) is 34.6 Å². The molecule has 1 aliphatic carbocycles. The molecule has 2 nitrogen and oxygen atoms in total. The first kappa shape index (κ1) is 15.0. The van der Waals surface area contributed by atoms with E-state index in [0.717, 1.165) is 18.4 Å². The maximum atomic E-state index is 6.25. The number of rotatable bonds is 7. The van der Waals surface area contributed by atoms with E-state index in [1.807, 2.05) is 0 Å². The van der Waals surface area contributed by atoms with Crippen LogP contribution in [0.2, 0.25) is 0 Å². The maximum Gasteiger partial charge on any atom is 0.00998 e. The lowest BCUT2D eigenvalue weighted by Gasteiger charge is -2.30. The molecule has 1 saturated carbocycles. The monoisotopic (exact) mass is 240 g/mol. The normalized spacial score (nSPS) is 19.1. The Balaban J connectivity index is 2.29. The predicted octanol–water partition coefficient (Wildman–Crippen LogP) is 3.26. The summed E-state index contributed by atoms with van der Waals surface area (Å²) in [5, 5.41) is 0. The first-order valence-electron chi connectivity index (χ1n) is 7.30. The van der Waals surface area contributed by atoms with Crippen molar-refractivity contribution >= 4 is 0 Å². The predicted molar refractivity (Wildman–Crippen MR) is 76.1 cm³/mol. The lowest BCUT2D eigenvalue weighted by atomic mass is 9.85. The summed E-state index contributed by atoms with van der Waals surface area (Å²) in [6, 6.07) is 1.20. The molecule has 0 heterocycles. The van der Waals surface area contributed by atoms with E-state index in [4.69, 9.17) is 5.73 Å². The van der Waals surface area contributed by atoms with Crippen LogP contribution in [0.4, 0.5) is 0 Å². The zero-order valence-electron chi connectivity index (χ0n) is 12.5. The van der Waals surface area contributed by atoms with Crippen molar-refractivity contribution in [2.45, 2.75) is 72.4 Å². The number of nitrogens with two attached hydrogens (primary N) is 1. The molecule has 1 fully saturated rings. The van der Waals surface area contributed by atoms with E-state index in [0.29, 0.717) is 6.04 Å². The molecule has 0 aromatic rings. The molecule has 1 atom stereocenters. The highest BCUT2D eigenvalue weighted by Gasteiger charge is 2.29. The summed E-state index contributed by atoms with van der Waals surface area (Å²) in [5.74, 6) is 0.813. The van der Waals surface area contributed by atoms with E-state index >= 15 is 0 Å². The molecule has 2 N–H and O–H groups in total. The summed E-state index contributed by atoms with van der Waals surface area (Å²) in [6.07, 6.45) is 5.27. The molecule has 0 bridgehead atoms. The molecule has 0 radical (unpaired) electrons. The summed E-state index contributed by atoms with van der Waals surface area (Å²) < 4.78 is 0. The van der Waals surface area contributed by atoms with Crippen LogP contribution >= 0.6 is 0 Å². The highest BCUT2D eigenvalue weighted by atomic mass is 15.2. The van der Waals surface area contributed by atoms with Gasteiger partial charge in [0.15, 0.2) is 0 Å². The summed E-state index contributed by atoms with van der Waals surface area (Å²) in [5.41, 5.74) is 6.49. The van der Waals surface area contributed by atoms with Crippen LogP contribution in [-0.4, -0.2) is 30.1 Å². The Bertz CT molecular complexity index is 213. The first-order valence-corrected chi connectivity index (χ1v) is 7.30. The average Bonchev–Trinajstić information content (AvgIpc) is 2.99. The van der Waals surface area contributed by atoms with Crippen molar-refractivity contribution in [3.8, 4) is 0 Å². The lowest BCUT2D eigenvalue weighted by Crippen LogP contribution is -2.39. The Morgan fingerprint density at radius 2 is 1.65 bits per heavy atom. The third-order valence-corrected chi connectivity index (χ3v) is 3.90. The minimum absolute atomic E-state index is 0.243. The van der Waals surface area contributed by atoms with Crippen molar-refractivity contribution in [3.63, 3.8) is 0 Å². The van der Waals surface area contributed by atoms with Gasteiger partial charge in [0.2, 0.25) is 0 Å². The molecular formula is C15H32N2. The third-order valence-electron chi connectivity index (χ3n) is 3.90. The van der Waals surface area contributed by atoms with E-state index in [9.17, 15) is 0 Å². The standard InChI is InChI=1S/C15H32N2/c1-12(2)8-10-17(13-6-7-13)11-9-14(16)15(3,4)5/h12-14H,6-11,16H2,1-5H3. The third kappa shape index (κ3) is 5.87. The van der Waals surface area contributed by atoms with Crippen molar-refractivity contribution in [2.75, 3.05) is 13.1 Å². The van der Waals surface area contributed by atoms with Crippen LogP contribution in [0.15, 0.2) is 0 Å². The Morgan fingerprint density at radius 3 is 2.06 bits per heavy atom. The molecule has 0 aliphatic heterocycles. The molecular weight excluding hydrogens is 208 g/mol. The molecule has 102 valence electrons. The van der Waals surface area contributed by atoms with E-state index in [1.165, 1.54) is 32.4 Å². The van der Waals surface area contributed by atoms with Crippen LogP contribution in [0.3, 0.4) is 0 Å². The van der Waals surface area contributed by atoms with Crippen LogP contribution in [0.25, 0.3) is 0 Å². The Hall–Kier alpha value is -0.0800. The minimum atomic E-state index is 0.243. The molecule has 17 heavy (non-hydrogen) atoms. The fraction of sp³-hybridized carbons (Fsp3) is 1.00. The second-order valence-electron chi connectivity index (χ2n) is 7.21. The topological polar surface area (TPSA) is 29.3 Å². The van der Waals surface area contributed by atoms with Gasteiger partial charge in [0.25, 0.3) is 0 Å². The van der Waals surface area contributed by atoms with Crippen molar-refractivity contribution in [1.29, 1.82) is 0 Å². The van der Waals surface area contributed by atoms with Gasteiger partial charge < -0.3 is 10.6 Å². The van der Waals surface area contributed by atoms with Gasteiger partial charge in [0, 0.05) is 12.1 Å². The second-order valence-corrected chi connectivity index (χ2v) is 7.21. The largest absolute Gasteiger partial charge is 0.327 e. The van der Waals surface area contributed by atoms with E-state index in [-0.39, 0.29) is 5.41 Å². The van der Waals surface area contributed by atoms with Gasteiger partial charge in [0.05, 0.1) is 0 Å². The lowest BCUT2D eigenvalue weighted by molar-refractivity contribution is 0.212. The van der Waals surface area contributed by atoms with E-state index in [1.54, 1.807) is 0 Å². The molecule has 0 amide bonds. The van der Waals surface area contributed by atoms with Gasteiger partial charge in [-0.2, -0.15) is 0 Å². The smallest absolute Gasteiger partial charge is 0.00998 e. The fourth-order valence-corrected chi connectivity index (χ4v) is 2.08. The van der Waals surface area contributed by atoms with Crippen molar-refractivity contribution in [3.05, 3.63) is 0 Å². The Labute approximate surface area is 108 Å². The number of hydrogen-bond donors (Lipinski definition) is 1. The number of nitrogens with zero attached hydrogens (tertiary/aromatic N) is 1. The van der Waals surface area contributed by atoms with Crippen LogP contribution in [0, 0.1) is 11.3 Å². The number of hydrogen-bond acceptors (Lipinski definition) is 2. The molecule has 1 aliphatic rings. The fourth-order valence-electron chi connectivity index (χ4n) is 2.08. The van der Waals surface area contributed by atoms with Gasteiger partial charge in [-0.15, -0.1) is 0 Å². The van der Waals surface area contributed by atoms with Gasteiger partial charge in [0.1, 0.15) is 0 Å². The minimum Gasteiger partial charge on any atom is -0.327 e. The maximum absolute atomic E-state index is 6.25. The van der Waals surface area contributed by atoms with Gasteiger partial charge in [-0.05, 0) is 50.1 Å². The van der Waals surface area contributed by atoms with Crippen LogP contribution < -0.4 is 5.73 Å². The highest BCUT2D eigenvalue weighted by molar-refractivity contribution is 4.86. The van der Waals surface area contributed by atoms with E-state index in [2.05, 4.69) is 39.5 Å². The van der Waals surface area contributed by atoms with Crippen LogP contribution in [0.1, 0.15) is 60.3 Å². The molecule has 1 rings (SSSR count). The zero-order chi connectivity index (χ0) is 13.1. The van der Waals surface area contributed by atoms with Crippen LogP contribution in [-0.2, 0) is 0 Å². The van der Waals surface area contributed by atoms with E-state index < -0.39 is 0 Å². The molecule has 0 spiro atoms. The van der Waals surface area contributed by atoms with Crippen LogP contribution in [0.5, 0.6) is 0 Å². The molecule has 0 aromatic carbocycles. The molecule has 0 saturated heterocycles.